The molecule has 2 aliphatic heterocycles. The van der Waals surface area contributed by atoms with Crippen LogP contribution in [0.4, 0.5) is 0 Å². The SMILES string of the molecule is O=C1N[C@@H](SC(c2ccccc2)(c2ccccc2)c2ccccc2)[C@@H]1CN1C(=O)c2ccccc2C1=O. The first-order chi connectivity index (χ1) is 18.1. The van der Waals surface area contributed by atoms with Crippen LogP contribution in [0, 0.1) is 5.92 Å². The number of hydrogen-bond acceptors (Lipinski definition) is 4. The maximum atomic E-state index is 13.0. The fourth-order valence-electron chi connectivity index (χ4n) is 5.19. The van der Waals surface area contributed by atoms with E-state index in [1.54, 1.807) is 36.0 Å². The van der Waals surface area contributed by atoms with E-state index >= 15 is 0 Å². The Bertz CT molecular complexity index is 1340. The second kappa shape index (κ2) is 9.37. The molecule has 0 bridgehead atoms. The quantitative estimate of drug-likeness (QED) is 0.217. The van der Waals surface area contributed by atoms with Crippen LogP contribution in [0.3, 0.4) is 0 Å². The van der Waals surface area contributed by atoms with Gasteiger partial charge in [-0.25, -0.2) is 0 Å². The lowest BCUT2D eigenvalue weighted by Gasteiger charge is -2.45. The van der Waals surface area contributed by atoms with Crippen molar-refractivity contribution in [2.24, 2.45) is 5.92 Å². The molecule has 0 saturated carbocycles. The minimum Gasteiger partial charge on any atom is -0.343 e. The molecular weight excluding hydrogens is 480 g/mol. The summed E-state index contributed by atoms with van der Waals surface area (Å²) in [5.74, 6) is -1.37. The maximum Gasteiger partial charge on any atom is 0.261 e. The number of carbonyl (C=O) groups is 3. The van der Waals surface area contributed by atoms with Crippen LogP contribution in [-0.2, 0) is 9.54 Å². The van der Waals surface area contributed by atoms with E-state index in [2.05, 4.69) is 41.7 Å². The summed E-state index contributed by atoms with van der Waals surface area (Å²) in [5, 5.41) is 2.75. The summed E-state index contributed by atoms with van der Waals surface area (Å²) in [4.78, 5) is 40.1. The molecule has 0 aliphatic carbocycles. The van der Waals surface area contributed by atoms with Gasteiger partial charge < -0.3 is 5.32 Å². The third-order valence-electron chi connectivity index (χ3n) is 7.09. The Balaban J connectivity index is 1.39. The van der Waals surface area contributed by atoms with Crippen molar-refractivity contribution in [2.75, 3.05) is 6.54 Å². The largest absolute Gasteiger partial charge is 0.343 e. The number of benzene rings is 4. The minimum absolute atomic E-state index is 0.0459. The molecule has 1 saturated heterocycles. The lowest BCUT2D eigenvalue weighted by Crippen LogP contribution is -2.61. The van der Waals surface area contributed by atoms with Crippen molar-refractivity contribution in [1.29, 1.82) is 0 Å². The summed E-state index contributed by atoms with van der Waals surface area (Å²) < 4.78 is -0.623. The number of carbonyl (C=O) groups excluding carboxylic acids is 3. The van der Waals surface area contributed by atoms with Crippen molar-refractivity contribution in [1.82, 2.24) is 10.2 Å². The van der Waals surface area contributed by atoms with Gasteiger partial charge in [0.05, 0.1) is 27.2 Å². The number of hydrogen-bond donors (Lipinski definition) is 1. The van der Waals surface area contributed by atoms with E-state index in [-0.39, 0.29) is 29.6 Å². The highest BCUT2D eigenvalue weighted by molar-refractivity contribution is 8.01. The maximum absolute atomic E-state index is 13.0. The Morgan fingerprint density at radius 1 is 0.622 bits per heavy atom. The van der Waals surface area contributed by atoms with Gasteiger partial charge in [-0.05, 0) is 28.8 Å². The van der Waals surface area contributed by atoms with E-state index in [1.165, 1.54) is 4.90 Å². The van der Waals surface area contributed by atoms with E-state index in [1.807, 2.05) is 54.6 Å². The Morgan fingerprint density at radius 2 is 1.03 bits per heavy atom. The zero-order valence-electron chi connectivity index (χ0n) is 19.9. The third kappa shape index (κ3) is 3.85. The molecule has 6 heteroatoms. The smallest absolute Gasteiger partial charge is 0.261 e. The Kier molecular flexibility index (Phi) is 5.89. The highest BCUT2D eigenvalue weighted by Gasteiger charge is 2.50. The van der Waals surface area contributed by atoms with Gasteiger partial charge >= 0.3 is 0 Å². The van der Waals surface area contributed by atoms with E-state index in [0.29, 0.717) is 11.1 Å². The Morgan fingerprint density at radius 3 is 1.43 bits per heavy atom. The number of β-lactam (4-membered cyclic amide) rings is 1. The molecule has 2 atom stereocenters. The molecule has 1 fully saturated rings. The van der Waals surface area contributed by atoms with Crippen molar-refractivity contribution in [3.05, 3.63) is 143 Å². The van der Waals surface area contributed by atoms with Gasteiger partial charge in [-0.3, -0.25) is 19.3 Å². The van der Waals surface area contributed by atoms with Gasteiger partial charge in [0.15, 0.2) is 0 Å². The van der Waals surface area contributed by atoms with Crippen LogP contribution in [0.1, 0.15) is 37.4 Å². The number of nitrogens with zero attached hydrogens (tertiary/aromatic N) is 1. The summed E-state index contributed by atoms with van der Waals surface area (Å²) >= 11 is 1.64. The molecule has 2 heterocycles. The van der Waals surface area contributed by atoms with Crippen LogP contribution in [0.25, 0.3) is 0 Å². The van der Waals surface area contributed by atoms with Crippen LogP contribution in [-0.4, -0.2) is 34.5 Å². The molecule has 0 spiro atoms. The average Bonchev–Trinajstić information content (AvgIpc) is 3.20. The van der Waals surface area contributed by atoms with Crippen molar-refractivity contribution < 1.29 is 14.4 Å². The Labute approximate surface area is 219 Å². The molecule has 6 rings (SSSR count). The van der Waals surface area contributed by atoms with Crippen molar-refractivity contribution >= 4 is 29.5 Å². The average molecular weight is 505 g/mol. The van der Waals surface area contributed by atoms with E-state index < -0.39 is 10.7 Å². The van der Waals surface area contributed by atoms with Gasteiger partial charge in [0, 0.05) is 6.54 Å². The van der Waals surface area contributed by atoms with Gasteiger partial charge in [-0.1, -0.05) is 103 Å². The second-order valence-corrected chi connectivity index (χ2v) is 10.6. The van der Waals surface area contributed by atoms with Crippen molar-refractivity contribution in [3.63, 3.8) is 0 Å². The number of imide groups is 1. The molecule has 0 aromatic heterocycles. The topological polar surface area (TPSA) is 66.5 Å². The van der Waals surface area contributed by atoms with Crippen molar-refractivity contribution in [2.45, 2.75) is 10.1 Å². The molecule has 37 heavy (non-hydrogen) atoms. The molecule has 3 amide bonds. The predicted molar refractivity (Wildman–Crippen MR) is 144 cm³/mol. The van der Waals surface area contributed by atoms with Gasteiger partial charge in [0.25, 0.3) is 11.8 Å². The van der Waals surface area contributed by atoms with Gasteiger partial charge in [0.1, 0.15) is 0 Å². The second-order valence-electron chi connectivity index (χ2n) is 9.20. The number of thioether (sulfide) groups is 1. The van der Waals surface area contributed by atoms with E-state index in [4.69, 9.17) is 0 Å². The molecule has 5 nitrogen and oxygen atoms in total. The summed E-state index contributed by atoms with van der Waals surface area (Å²) in [6, 6.07) is 37.5. The monoisotopic (exact) mass is 504 g/mol. The first-order valence-corrected chi connectivity index (χ1v) is 13.1. The summed E-state index contributed by atoms with van der Waals surface area (Å²) in [6.07, 6.45) is 0. The fourth-order valence-corrected chi connectivity index (χ4v) is 6.94. The lowest BCUT2D eigenvalue weighted by atomic mass is 9.84. The van der Waals surface area contributed by atoms with Crippen LogP contribution in [0.15, 0.2) is 115 Å². The lowest BCUT2D eigenvalue weighted by molar-refractivity contribution is -0.132. The third-order valence-corrected chi connectivity index (χ3v) is 8.85. The number of rotatable bonds is 7. The van der Waals surface area contributed by atoms with Crippen LogP contribution >= 0.6 is 11.8 Å². The van der Waals surface area contributed by atoms with E-state index in [0.717, 1.165) is 16.7 Å². The number of fused-ring (bicyclic) bond motifs is 1. The molecular formula is C31H24N2O3S. The Hall–Kier alpha value is -4.16. The zero-order chi connectivity index (χ0) is 25.4. The summed E-state index contributed by atoms with van der Waals surface area (Å²) in [6.45, 7) is 0.0459. The molecule has 4 aromatic rings. The van der Waals surface area contributed by atoms with Gasteiger partial charge in [-0.15, -0.1) is 11.8 Å². The highest BCUT2D eigenvalue weighted by atomic mass is 32.2. The molecule has 0 unspecified atom stereocenters. The van der Waals surface area contributed by atoms with Crippen molar-refractivity contribution in [3.8, 4) is 0 Å². The van der Waals surface area contributed by atoms with Crippen LogP contribution in [0.5, 0.6) is 0 Å². The number of amides is 3. The summed E-state index contributed by atoms with van der Waals surface area (Å²) in [5.41, 5.74) is 4.03. The van der Waals surface area contributed by atoms with Crippen LogP contribution in [0.2, 0.25) is 0 Å². The normalized spacial score (nSPS) is 18.8. The standard InChI is InChI=1S/C31H24N2O3S/c34-27-26(20-33-29(35)24-18-10-11-19-25(24)30(33)36)28(32-27)37-31(21-12-4-1-5-13-21,22-14-6-2-7-15-22)23-16-8-3-9-17-23/h1-19,26,28H,20H2,(H,32,34)/t26-,28+/m1/s1. The first-order valence-electron chi connectivity index (χ1n) is 12.2. The van der Waals surface area contributed by atoms with Gasteiger partial charge in [-0.2, -0.15) is 0 Å². The van der Waals surface area contributed by atoms with Crippen LogP contribution < -0.4 is 5.32 Å². The summed E-state index contributed by atoms with van der Waals surface area (Å²) in [7, 11) is 0. The molecule has 0 radical (unpaired) electrons. The zero-order valence-corrected chi connectivity index (χ0v) is 20.7. The molecule has 182 valence electrons. The molecule has 2 aliphatic rings. The van der Waals surface area contributed by atoms with Gasteiger partial charge in [0.2, 0.25) is 5.91 Å². The molecule has 4 aromatic carbocycles. The molecule has 1 N–H and O–H groups in total. The predicted octanol–water partition coefficient (Wildman–Crippen LogP) is 5.08. The highest BCUT2D eigenvalue weighted by Crippen LogP contribution is 2.52. The number of nitrogens with one attached hydrogen (secondary N) is 1. The van der Waals surface area contributed by atoms with E-state index in [9.17, 15) is 14.4 Å². The fraction of sp³-hybridized carbons (Fsp3) is 0.129. The minimum atomic E-state index is -0.623. The first kappa shape index (κ1) is 23.3.